The standard InChI is InChI=1S/C21H21F3O2/c22-19-9-16(10-20(23)21(19)24)15-3-1-13(2-4-15)14-5-7-17(8-6-14)25-11-18-12-26-18/h1-4,9-10,14,17-18H,5-8,11-12H2. The molecule has 1 aliphatic carbocycles. The van der Waals surface area contributed by atoms with E-state index < -0.39 is 17.5 Å². The minimum Gasteiger partial charge on any atom is -0.375 e. The second-order valence-electron chi connectivity index (χ2n) is 7.14. The molecule has 5 heteroatoms. The summed E-state index contributed by atoms with van der Waals surface area (Å²) in [5.41, 5.74) is 2.24. The smallest absolute Gasteiger partial charge is 0.194 e. The van der Waals surface area contributed by atoms with Gasteiger partial charge in [0.25, 0.3) is 0 Å². The fourth-order valence-electron chi connectivity index (χ4n) is 3.64. The highest BCUT2D eigenvalue weighted by atomic mass is 19.2. The van der Waals surface area contributed by atoms with Gasteiger partial charge in [-0.25, -0.2) is 13.2 Å². The maximum absolute atomic E-state index is 13.4. The van der Waals surface area contributed by atoms with Gasteiger partial charge in [-0.05, 0) is 60.4 Å². The predicted octanol–water partition coefficient (Wildman–Crippen LogP) is 5.21. The van der Waals surface area contributed by atoms with Crippen LogP contribution in [0.25, 0.3) is 11.1 Å². The van der Waals surface area contributed by atoms with Gasteiger partial charge in [-0.2, -0.15) is 0 Å². The Labute approximate surface area is 150 Å². The number of ether oxygens (including phenoxy) is 2. The lowest BCUT2D eigenvalue weighted by atomic mass is 9.82. The van der Waals surface area contributed by atoms with Gasteiger partial charge in [-0.3, -0.25) is 0 Å². The van der Waals surface area contributed by atoms with Crippen molar-refractivity contribution in [2.75, 3.05) is 13.2 Å². The molecule has 1 atom stereocenters. The van der Waals surface area contributed by atoms with Crippen LogP contribution in [0.5, 0.6) is 0 Å². The van der Waals surface area contributed by atoms with Crippen molar-refractivity contribution in [1.82, 2.24) is 0 Å². The van der Waals surface area contributed by atoms with Gasteiger partial charge in [-0.15, -0.1) is 0 Å². The molecule has 2 aliphatic rings. The maximum Gasteiger partial charge on any atom is 0.194 e. The molecule has 1 unspecified atom stereocenters. The first-order chi connectivity index (χ1) is 12.6. The van der Waals surface area contributed by atoms with E-state index in [2.05, 4.69) is 0 Å². The van der Waals surface area contributed by atoms with Crippen molar-refractivity contribution >= 4 is 0 Å². The number of epoxide rings is 1. The second kappa shape index (κ2) is 7.41. The van der Waals surface area contributed by atoms with E-state index in [1.54, 1.807) is 0 Å². The molecule has 2 aromatic carbocycles. The van der Waals surface area contributed by atoms with E-state index in [-0.39, 0.29) is 0 Å². The molecule has 1 heterocycles. The predicted molar refractivity (Wildman–Crippen MR) is 92.4 cm³/mol. The van der Waals surface area contributed by atoms with Crippen LogP contribution in [-0.4, -0.2) is 25.4 Å². The van der Waals surface area contributed by atoms with E-state index >= 15 is 0 Å². The minimum atomic E-state index is -1.43. The van der Waals surface area contributed by atoms with Gasteiger partial charge in [-0.1, -0.05) is 24.3 Å². The number of hydrogen-bond donors (Lipinski definition) is 0. The first-order valence-corrected chi connectivity index (χ1v) is 9.08. The van der Waals surface area contributed by atoms with Crippen LogP contribution in [-0.2, 0) is 9.47 Å². The highest BCUT2D eigenvalue weighted by molar-refractivity contribution is 5.64. The number of halogens is 3. The third-order valence-electron chi connectivity index (χ3n) is 5.29. The summed E-state index contributed by atoms with van der Waals surface area (Å²) in [7, 11) is 0. The third-order valence-corrected chi connectivity index (χ3v) is 5.29. The van der Waals surface area contributed by atoms with E-state index in [1.807, 2.05) is 24.3 Å². The van der Waals surface area contributed by atoms with Crippen LogP contribution < -0.4 is 0 Å². The Morgan fingerprint density at radius 3 is 2.08 bits per heavy atom. The summed E-state index contributed by atoms with van der Waals surface area (Å²) >= 11 is 0. The average Bonchev–Trinajstić information content (AvgIpc) is 3.49. The summed E-state index contributed by atoms with van der Waals surface area (Å²) in [4.78, 5) is 0. The fourth-order valence-corrected chi connectivity index (χ4v) is 3.64. The van der Waals surface area contributed by atoms with Gasteiger partial charge in [0.2, 0.25) is 0 Å². The Bertz CT molecular complexity index is 740. The largest absolute Gasteiger partial charge is 0.375 e. The summed E-state index contributed by atoms with van der Waals surface area (Å²) in [6, 6.07) is 9.73. The first kappa shape index (κ1) is 17.6. The van der Waals surface area contributed by atoms with Crippen LogP contribution in [0.1, 0.15) is 37.2 Å². The fraction of sp³-hybridized carbons (Fsp3) is 0.429. The van der Waals surface area contributed by atoms with Crippen LogP contribution in [0.2, 0.25) is 0 Å². The summed E-state index contributed by atoms with van der Waals surface area (Å²) in [6.07, 6.45) is 4.83. The van der Waals surface area contributed by atoms with Crippen LogP contribution in [0.3, 0.4) is 0 Å². The van der Waals surface area contributed by atoms with Gasteiger partial charge in [0.15, 0.2) is 17.5 Å². The van der Waals surface area contributed by atoms with Gasteiger partial charge < -0.3 is 9.47 Å². The molecule has 1 saturated carbocycles. The molecular formula is C21H21F3O2. The molecule has 0 N–H and O–H groups in total. The molecule has 0 amide bonds. The Hall–Kier alpha value is -1.85. The van der Waals surface area contributed by atoms with Crippen LogP contribution in [0.4, 0.5) is 13.2 Å². The third kappa shape index (κ3) is 3.94. The Kier molecular flexibility index (Phi) is 5.00. The van der Waals surface area contributed by atoms with Gasteiger partial charge in [0.1, 0.15) is 6.10 Å². The van der Waals surface area contributed by atoms with Crippen LogP contribution >= 0.6 is 0 Å². The summed E-state index contributed by atoms with van der Waals surface area (Å²) < 4.78 is 51.0. The lowest BCUT2D eigenvalue weighted by Crippen LogP contribution is -2.22. The maximum atomic E-state index is 13.4. The zero-order valence-electron chi connectivity index (χ0n) is 14.4. The van der Waals surface area contributed by atoms with E-state index in [9.17, 15) is 13.2 Å². The molecule has 0 aromatic heterocycles. The molecule has 0 bridgehead atoms. The summed E-state index contributed by atoms with van der Waals surface area (Å²) in [6.45, 7) is 1.53. The van der Waals surface area contributed by atoms with Crippen LogP contribution in [0.15, 0.2) is 36.4 Å². The molecule has 2 nitrogen and oxygen atoms in total. The van der Waals surface area contributed by atoms with E-state index in [0.29, 0.717) is 35.9 Å². The zero-order valence-corrected chi connectivity index (χ0v) is 14.4. The molecule has 26 heavy (non-hydrogen) atoms. The van der Waals surface area contributed by atoms with E-state index in [1.165, 1.54) is 5.56 Å². The molecule has 0 spiro atoms. The molecule has 0 radical (unpaired) electrons. The van der Waals surface area contributed by atoms with Crippen molar-refractivity contribution in [1.29, 1.82) is 0 Å². The Morgan fingerprint density at radius 1 is 0.885 bits per heavy atom. The molecule has 1 aliphatic heterocycles. The van der Waals surface area contributed by atoms with Gasteiger partial charge in [0, 0.05) is 0 Å². The van der Waals surface area contributed by atoms with E-state index in [4.69, 9.17) is 9.47 Å². The first-order valence-electron chi connectivity index (χ1n) is 9.08. The lowest BCUT2D eigenvalue weighted by Gasteiger charge is -2.28. The zero-order chi connectivity index (χ0) is 18.1. The van der Waals surface area contributed by atoms with Crippen molar-refractivity contribution in [2.24, 2.45) is 0 Å². The van der Waals surface area contributed by atoms with Crippen molar-refractivity contribution in [3.8, 4) is 11.1 Å². The SMILES string of the molecule is Fc1cc(-c2ccc(C3CCC(OCC4CO4)CC3)cc2)cc(F)c1F. The van der Waals surface area contributed by atoms with Crippen molar-refractivity contribution in [3.63, 3.8) is 0 Å². The number of benzene rings is 2. The van der Waals surface area contributed by atoms with Crippen molar-refractivity contribution in [3.05, 3.63) is 59.4 Å². The normalized spacial score (nSPS) is 25.3. The number of rotatable bonds is 5. The second-order valence-corrected chi connectivity index (χ2v) is 7.14. The van der Waals surface area contributed by atoms with Crippen molar-refractivity contribution in [2.45, 2.75) is 43.8 Å². The highest BCUT2D eigenvalue weighted by Crippen LogP contribution is 2.35. The van der Waals surface area contributed by atoms with Crippen molar-refractivity contribution < 1.29 is 22.6 Å². The summed E-state index contributed by atoms with van der Waals surface area (Å²) in [5, 5.41) is 0. The quantitative estimate of drug-likeness (QED) is 0.538. The Morgan fingerprint density at radius 2 is 1.50 bits per heavy atom. The molecule has 2 aromatic rings. The molecule has 138 valence electrons. The van der Waals surface area contributed by atoms with Gasteiger partial charge >= 0.3 is 0 Å². The molecular weight excluding hydrogens is 341 g/mol. The monoisotopic (exact) mass is 362 g/mol. The minimum absolute atomic E-state index is 0.307. The molecule has 1 saturated heterocycles. The topological polar surface area (TPSA) is 21.8 Å². The molecule has 2 fully saturated rings. The molecule has 4 rings (SSSR count). The van der Waals surface area contributed by atoms with E-state index in [0.717, 1.165) is 44.4 Å². The van der Waals surface area contributed by atoms with Gasteiger partial charge in [0.05, 0.1) is 19.3 Å². The lowest BCUT2D eigenvalue weighted by molar-refractivity contribution is 0.0165. The Balaban J connectivity index is 1.38. The highest BCUT2D eigenvalue weighted by Gasteiger charge is 2.27. The average molecular weight is 362 g/mol. The number of hydrogen-bond acceptors (Lipinski definition) is 2. The van der Waals surface area contributed by atoms with Crippen LogP contribution in [0, 0.1) is 17.5 Å². The summed E-state index contributed by atoms with van der Waals surface area (Å²) in [5.74, 6) is -3.29.